The highest BCUT2D eigenvalue weighted by molar-refractivity contribution is 6.39. The fraction of sp³-hybridized carbons (Fsp3) is 0.400. The molecule has 27 heavy (non-hydrogen) atoms. The number of piperidine rings is 1. The number of aryl methyl sites for hydroxylation is 2. The van der Waals surface area contributed by atoms with Crippen molar-refractivity contribution < 1.29 is 9.59 Å². The average molecular weight is 367 g/mol. The summed E-state index contributed by atoms with van der Waals surface area (Å²) < 4.78 is 0. The maximum atomic E-state index is 12.1. The number of hydrogen-bond acceptors (Lipinski definition) is 5. The van der Waals surface area contributed by atoms with E-state index >= 15 is 0 Å². The number of aromatic nitrogens is 2. The van der Waals surface area contributed by atoms with Gasteiger partial charge in [0, 0.05) is 37.7 Å². The van der Waals surface area contributed by atoms with Crippen LogP contribution in [0.4, 0.5) is 11.5 Å². The summed E-state index contributed by atoms with van der Waals surface area (Å²) in [6.07, 6.45) is 7.00. The number of carbonyl (C=O) groups is 2. The van der Waals surface area contributed by atoms with Crippen LogP contribution in [0, 0.1) is 19.8 Å². The molecule has 1 aliphatic heterocycles. The molecule has 0 bridgehead atoms. The molecule has 2 amide bonds. The summed E-state index contributed by atoms with van der Waals surface area (Å²) in [4.78, 5) is 34.8. The summed E-state index contributed by atoms with van der Waals surface area (Å²) in [6, 6.07) is 5.59. The lowest BCUT2D eigenvalue weighted by atomic mass is 9.97. The van der Waals surface area contributed by atoms with Crippen molar-refractivity contribution >= 4 is 23.3 Å². The third kappa shape index (κ3) is 5.03. The number of benzene rings is 1. The van der Waals surface area contributed by atoms with Crippen molar-refractivity contribution in [2.45, 2.75) is 26.7 Å². The van der Waals surface area contributed by atoms with E-state index in [2.05, 4.69) is 25.5 Å². The molecule has 0 saturated carbocycles. The van der Waals surface area contributed by atoms with Gasteiger partial charge in [-0.25, -0.2) is 4.98 Å². The van der Waals surface area contributed by atoms with Gasteiger partial charge in [0.2, 0.25) is 0 Å². The van der Waals surface area contributed by atoms with E-state index in [1.807, 2.05) is 26.0 Å². The number of anilines is 2. The van der Waals surface area contributed by atoms with Gasteiger partial charge in [-0.05, 0) is 55.9 Å². The summed E-state index contributed by atoms with van der Waals surface area (Å²) in [5.41, 5.74) is 2.85. The molecule has 2 heterocycles. The Hall–Kier alpha value is -2.96. The van der Waals surface area contributed by atoms with E-state index in [0.717, 1.165) is 42.9 Å². The van der Waals surface area contributed by atoms with Crippen LogP contribution >= 0.6 is 0 Å². The first kappa shape index (κ1) is 18.8. The van der Waals surface area contributed by atoms with Crippen molar-refractivity contribution in [3.05, 3.63) is 47.9 Å². The van der Waals surface area contributed by atoms with Gasteiger partial charge in [0.05, 0.1) is 6.20 Å². The Morgan fingerprint density at radius 2 is 1.89 bits per heavy atom. The Morgan fingerprint density at radius 3 is 2.56 bits per heavy atom. The van der Waals surface area contributed by atoms with Crippen molar-refractivity contribution in [1.82, 2.24) is 15.3 Å². The van der Waals surface area contributed by atoms with Crippen LogP contribution in [0.15, 0.2) is 36.8 Å². The molecule has 142 valence electrons. The molecule has 0 radical (unpaired) electrons. The first-order valence-electron chi connectivity index (χ1n) is 9.20. The SMILES string of the molecule is Cc1ccc(NC(=O)C(=O)NCC2CCN(c3cnccn3)CC2)cc1C. The maximum absolute atomic E-state index is 12.1. The highest BCUT2D eigenvalue weighted by Gasteiger charge is 2.22. The van der Waals surface area contributed by atoms with E-state index < -0.39 is 11.8 Å². The Bertz CT molecular complexity index is 801. The van der Waals surface area contributed by atoms with E-state index in [9.17, 15) is 9.59 Å². The van der Waals surface area contributed by atoms with Crippen LogP contribution in [0.25, 0.3) is 0 Å². The molecule has 0 unspecified atom stereocenters. The Balaban J connectivity index is 1.42. The molecule has 0 spiro atoms. The molecule has 1 fully saturated rings. The number of carbonyl (C=O) groups excluding carboxylic acids is 2. The van der Waals surface area contributed by atoms with Gasteiger partial charge in [-0.15, -0.1) is 0 Å². The van der Waals surface area contributed by atoms with Crippen LogP contribution in [-0.4, -0.2) is 41.4 Å². The largest absolute Gasteiger partial charge is 0.355 e. The van der Waals surface area contributed by atoms with Crippen LogP contribution in [0.1, 0.15) is 24.0 Å². The van der Waals surface area contributed by atoms with E-state index in [1.54, 1.807) is 24.7 Å². The molecule has 3 rings (SSSR count). The van der Waals surface area contributed by atoms with Crippen molar-refractivity contribution in [3.63, 3.8) is 0 Å². The van der Waals surface area contributed by atoms with Crippen molar-refractivity contribution in [1.29, 1.82) is 0 Å². The molecule has 0 atom stereocenters. The first-order valence-corrected chi connectivity index (χ1v) is 9.20. The highest BCUT2D eigenvalue weighted by Crippen LogP contribution is 2.20. The summed E-state index contributed by atoms with van der Waals surface area (Å²) in [5, 5.41) is 5.41. The van der Waals surface area contributed by atoms with Crippen molar-refractivity contribution in [2.75, 3.05) is 29.9 Å². The predicted octanol–water partition coefficient (Wildman–Crippen LogP) is 2.06. The lowest BCUT2D eigenvalue weighted by molar-refractivity contribution is -0.136. The molecule has 1 aliphatic rings. The van der Waals surface area contributed by atoms with Crippen molar-refractivity contribution in [2.24, 2.45) is 5.92 Å². The number of nitrogens with one attached hydrogen (secondary N) is 2. The molecule has 7 nitrogen and oxygen atoms in total. The van der Waals surface area contributed by atoms with Gasteiger partial charge in [0.15, 0.2) is 0 Å². The molecule has 1 aromatic heterocycles. The fourth-order valence-corrected chi connectivity index (χ4v) is 3.15. The second-order valence-corrected chi connectivity index (χ2v) is 6.96. The minimum absolute atomic E-state index is 0.358. The van der Waals surface area contributed by atoms with Gasteiger partial charge < -0.3 is 15.5 Å². The minimum Gasteiger partial charge on any atom is -0.355 e. The standard InChI is InChI=1S/C20H25N5O2/c1-14-3-4-17(11-15(14)2)24-20(27)19(26)23-12-16-5-9-25(10-6-16)18-13-21-7-8-22-18/h3-4,7-8,11,13,16H,5-6,9-10,12H2,1-2H3,(H,23,26)(H,24,27). The van der Waals surface area contributed by atoms with Gasteiger partial charge in [-0.3, -0.25) is 14.6 Å². The monoisotopic (exact) mass is 367 g/mol. The van der Waals surface area contributed by atoms with Crippen LogP contribution in [0.5, 0.6) is 0 Å². The summed E-state index contributed by atoms with van der Waals surface area (Å²) in [5.74, 6) is 0.0175. The number of nitrogens with zero attached hydrogens (tertiary/aromatic N) is 3. The van der Waals surface area contributed by atoms with Crippen LogP contribution in [-0.2, 0) is 9.59 Å². The van der Waals surface area contributed by atoms with Gasteiger partial charge in [0.1, 0.15) is 5.82 Å². The molecular formula is C20H25N5O2. The molecule has 2 N–H and O–H groups in total. The average Bonchev–Trinajstić information content (AvgIpc) is 2.70. The molecule has 2 aromatic rings. The summed E-state index contributed by atoms with van der Waals surface area (Å²) in [6.45, 7) is 6.22. The maximum Gasteiger partial charge on any atom is 0.313 e. The quantitative estimate of drug-likeness (QED) is 0.808. The zero-order chi connectivity index (χ0) is 19.2. The third-order valence-electron chi connectivity index (χ3n) is 5.01. The summed E-state index contributed by atoms with van der Waals surface area (Å²) >= 11 is 0. The van der Waals surface area contributed by atoms with Gasteiger partial charge in [0.25, 0.3) is 0 Å². The van der Waals surface area contributed by atoms with Crippen LogP contribution in [0.3, 0.4) is 0 Å². The molecule has 0 aliphatic carbocycles. The van der Waals surface area contributed by atoms with Crippen LogP contribution in [0.2, 0.25) is 0 Å². The minimum atomic E-state index is -0.629. The van der Waals surface area contributed by atoms with E-state index in [1.165, 1.54) is 0 Å². The van der Waals surface area contributed by atoms with Gasteiger partial charge in [-0.1, -0.05) is 6.07 Å². The first-order chi connectivity index (χ1) is 13.0. The van der Waals surface area contributed by atoms with Crippen LogP contribution < -0.4 is 15.5 Å². The second-order valence-electron chi connectivity index (χ2n) is 6.96. The predicted molar refractivity (Wildman–Crippen MR) is 105 cm³/mol. The smallest absolute Gasteiger partial charge is 0.313 e. The van der Waals surface area contributed by atoms with E-state index in [4.69, 9.17) is 0 Å². The van der Waals surface area contributed by atoms with Crippen molar-refractivity contribution in [3.8, 4) is 0 Å². The Kier molecular flexibility index (Phi) is 6.01. The lowest BCUT2D eigenvalue weighted by Crippen LogP contribution is -2.42. The Labute approximate surface area is 159 Å². The van der Waals surface area contributed by atoms with Gasteiger partial charge in [-0.2, -0.15) is 0 Å². The number of hydrogen-bond donors (Lipinski definition) is 2. The zero-order valence-electron chi connectivity index (χ0n) is 15.7. The lowest BCUT2D eigenvalue weighted by Gasteiger charge is -2.32. The molecule has 1 saturated heterocycles. The second kappa shape index (κ2) is 8.62. The zero-order valence-corrected chi connectivity index (χ0v) is 15.7. The highest BCUT2D eigenvalue weighted by atomic mass is 16.2. The third-order valence-corrected chi connectivity index (χ3v) is 5.01. The molecular weight excluding hydrogens is 342 g/mol. The van der Waals surface area contributed by atoms with E-state index in [0.29, 0.717) is 18.2 Å². The number of rotatable bonds is 4. The summed E-state index contributed by atoms with van der Waals surface area (Å²) in [7, 11) is 0. The number of amides is 2. The molecule has 1 aromatic carbocycles. The van der Waals surface area contributed by atoms with Gasteiger partial charge >= 0.3 is 11.8 Å². The van der Waals surface area contributed by atoms with E-state index in [-0.39, 0.29) is 0 Å². The molecule has 7 heteroatoms. The topological polar surface area (TPSA) is 87.2 Å². The fourth-order valence-electron chi connectivity index (χ4n) is 3.15. The normalized spacial score (nSPS) is 14.7. The Morgan fingerprint density at radius 1 is 1.11 bits per heavy atom.